The number of anilines is 2. The van der Waals surface area contributed by atoms with E-state index < -0.39 is 0 Å². The van der Waals surface area contributed by atoms with Crippen LogP contribution in [0.5, 0.6) is 0 Å². The van der Waals surface area contributed by atoms with Gasteiger partial charge in [-0.25, -0.2) is 9.97 Å². The van der Waals surface area contributed by atoms with Gasteiger partial charge in [0.2, 0.25) is 0 Å². The van der Waals surface area contributed by atoms with Crippen molar-refractivity contribution in [3.8, 4) is 0 Å². The zero-order chi connectivity index (χ0) is 13.4. The van der Waals surface area contributed by atoms with Crippen LogP contribution in [0.2, 0.25) is 0 Å². The van der Waals surface area contributed by atoms with Crippen LogP contribution in [-0.2, 0) is 7.05 Å². The Morgan fingerprint density at radius 2 is 1.95 bits per heavy atom. The molecule has 2 heterocycles. The lowest BCUT2D eigenvalue weighted by molar-refractivity contribution is 0.964. The predicted molar refractivity (Wildman–Crippen MR) is 77.7 cm³/mol. The van der Waals surface area contributed by atoms with E-state index >= 15 is 0 Å². The zero-order valence-electron chi connectivity index (χ0n) is 11.3. The topological polar surface area (TPSA) is 42.7 Å². The summed E-state index contributed by atoms with van der Waals surface area (Å²) in [7, 11) is 2.00. The summed E-state index contributed by atoms with van der Waals surface area (Å²) in [6, 6.07) is 8.33. The number of benzene rings is 1. The molecule has 0 aliphatic carbocycles. The van der Waals surface area contributed by atoms with Gasteiger partial charge in [0.1, 0.15) is 11.8 Å². The second-order valence-electron chi connectivity index (χ2n) is 4.83. The van der Waals surface area contributed by atoms with Crippen molar-refractivity contribution in [2.75, 3.05) is 5.32 Å². The molecule has 0 bridgehead atoms. The maximum absolute atomic E-state index is 4.36. The lowest BCUT2D eigenvalue weighted by Crippen LogP contribution is -2.00. The van der Waals surface area contributed by atoms with Crippen molar-refractivity contribution in [3.63, 3.8) is 0 Å². The Morgan fingerprint density at radius 1 is 1.11 bits per heavy atom. The van der Waals surface area contributed by atoms with Crippen LogP contribution in [-0.4, -0.2) is 14.5 Å². The summed E-state index contributed by atoms with van der Waals surface area (Å²) >= 11 is 0. The fourth-order valence-corrected chi connectivity index (χ4v) is 2.29. The summed E-state index contributed by atoms with van der Waals surface area (Å²) in [6.07, 6.45) is 3.58. The molecule has 2 aromatic heterocycles. The van der Waals surface area contributed by atoms with E-state index in [0.29, 0.717) is 0 Å². The van der Waals surface area contributed by atoms with Crippen molar-refractivity contribution in [1.82, 2.24) is 14.5 Å². The molecule has 0 aliphatic heterocycles. The second-order valence-corrected chi connectivity index (χ2v) is 4.83. The summed E-state index contributed by atoms with van der Waals surface area (Å²) in [6.45, 7) is 4.19. The van der Waals surface area contributed by atoms with Gasteiger partial charge in [-0.2, -0.15) is 0 Å². The molecule has 1 aromatic carbocycles. The summed E-state index contributed by atoms with van der Waals surface area (Å²) in [5.74, 6) is 0.837. The number of fused-ring (bicyclic) bond motifs is 1. The lowest BCUT2D eigenvalue weighted by Gasteiger charge is -2.11. The molecule has 0 amide bonds. The van der Waals surface area contributed by atoms with Gasteiger partial charge in [-0.3, -0.25) is 0 Å². The van der Waals surface area contributed by atoms with E-state index in [1.54, 1.807) is 6.33 Å². The summed E-state index contributed by atoms with van der Waals surface area (Å²) < 4.78 is 2.03. The number of nitrogens with one attached hydrogen (secondary N) is 1. The van der Waals surface area contributed by atoms with Gasteiger partial charge in [-0.1, -0.05) is 17.7 Å². The number of hydrogen-bond acceptors (Lipinski definition) is 3. The Hall–Kier alpha value is -2.36. The van der Waals surface area contributed by atoms with Gasteiger partial charge in [0, 0.05) is 18.9 Å². The summed E-state index contributed by atoms with van der Waals surface area (Å²) in [5.41, 5.74) is 5.51. The highest BCUT2D eigenvalue weighted by molar-refractivity contribution is 5.88. The van der Waals surface area contributed by atoms with Crippen LogP contribution in [0.15, 0.2) is 36.8 Å². The van der Waals surface area contributed by atoms with Crippen molar-refractivity contribution in [1.29, 1.82) is 0 Å². The molecule has 3 aromatic rings. The largest absolute Gasteiger partial charge is 0.346 e. The van der Waals surface area contributed by atoms with Gasteiger partial charge < -0.3 is 9.88 Å². The molecule has 0 atom stereocenters. The standard InChI is InChI=1S/C15H16N4/c1-10-4-5-12(11(2)8-10)18-15-14-13(16-9-17-15)6-7-19(14)3/h4-9H,1-3H3,(H,16,17,18). The maximum Gasteiger partial charge on any atom is 0.158 e. The molecular formula is C15H16N4. The highest BCUT2D eigenvalue weighted by atomic mass is 15.1. The lowest BCUT2D eigenvalue weighted by atomic mass is 10.1. The molecule has 1 N–H and O–H groups in total. The van der Waals surface area contributed by atoms with Crippen LogP contribution in [0, 0.1) is 13.8 Å². The molecule has 0 saturated heterocycles. The van der Waals surface area contributed by atoms with E-state index in [4.69, 9.17) is 0 Å². The zero-order valence-corrected chi connectivity index (χ0v) is 11.3. The monoisotopic (exact) mass is 252 g/mol. The number of rotatable bonds is 2. The molecule has 0 aliphatic rings. The fourth-order valence-electron chi connectivity index (χ4n) is 2.29. The number of nitrogens with zero attached hydrogens (tertiary/aromatic N) is 3. The normalized spacial score (nSPS) is 10.9. The molecule has 0 radical (unpaired) electrons. The fraction of sp³-hybridized carbons (Fsp3) is 0.200. The average Bonchev–Trinajstić information content (AvgIpc) is 2.76. The first kappa shape index (κ1) is 11.7. The predicted octanol–water partition coefficient (Wildman–Crippen LogP) is 3.33. The molecule has 96 valence electrons. The van der Waals surface area contributed by atoms with Crippen molar-refractivity contribution in [2.24, 2.45) is 7.05 Å². The Bertz CT molecular complexity index is 743. The molecule has 0 fully saturated rings. The summed E-state index contributed by atoms with van der Waals surface area (Å²) in [4.78, 5) is 8.62. The minimum Gasteiger partial charge on any atom is -0.346 e. The molecule has 3 rings (SSSR count). The minimum absolute atomic E-state index is 0.837. The van der Waals surface area contributed by atoms with E-state index in [9.17, 15) is 0 Å². The first-order valence-electron chi connectivity index (χ1n) is 6.25. The van der Waals surface area contributed by atoms with E-state index in [0.717, 1.165) is 22.5 Å². The SMILES string of the molecule is Cc1ccc(Nc2ncnc3ccn(C)c23)c(C)c1. The number of hydrogen-bond donors (Lipinski definition) is 1. The number of aryl methyl sites for hydroxylation is 3. The smallest absolute Gasteiger partial charge is 0.158 e. The van der Waals surface area contributed by atoms with Crippen molar-refractivity contribution in [3.05, 3.63) is 47.9 Å². The molecular weight excluding hydrogens is 236 g/mol. The third-order valence-corrected chi connectivity index (χ3v) is 3.29. The van der Waals surface area contributed by atoms with Gasteiger partial charge in [0.25, 0.3) is 0 Å². The van der Waals surface area contributed by atoms with Crippen molar-refractivity contribution >= 4 is 22.5 Å². The first-order chi connectivity index (χ1) is 9.15. The van der Waals surface area contributed by atoms with Crippen molar-refractivity contribution < 1.29 is 0 Å². The summed E-state index contributed by atoms with van der Waals surface area (Å²) in [5, 5.41) is 3.40. The third-order valence-electron chi connectivity index (χ3n) is 3.29. The van der Waals surface area contributed by atoms with Crippen LogP contribution in [0.4, 0.5) is 11.5 Å². The van der Waals surface area contributed by atoms with E-state index in [2.05, 4.69) is 47.3 Å². The number of aromatic nitrogens is 3. The second kappa shape index (κ2) is 4.39. The Morgan fingerprint density at radius 3 is 2.74 bits per heavy atom. The van der Waals surface area contributed by atoms with Gasteiger partial charge in [-0.05, 0) is 31.5 Å². The van der Waals surface area contributed by atoms with Crippen molar-refractivity contribution in [2.45, 2.75) is 13.8 Å². The maximum atomic E-state index is 4.36. The minimum atomic E-state index is 0.837. The highest BCUT2D eigenvalue weighted by Crippen LogP contribution is 2.25. The van der Waals surface area contributed by atoms with Crippen LogP contribution in [0.25, 0.3) is 11.0 Å². The van der Waals surface area contributed by atoms with Gasteiger partial charge >= 0.3 is 0 Å². The Balaban J connectivity index is 2.08. The van der Waals surface area contributed by atoms with Gasteiger partial charge in [0.15, 0.2) is 5.82 Å². The van der Waals surface area contributed by atoms with Crippen LogP contribution in [0.1, 0.15) is 11.1 Å². The van der Waals surface area contributed by atoms with Gasteiger partial charge in [-0.15, -0.1) is 0 Å². The quantitative estimate of drug-likeness (QED) is 0.760. The molecule has 4 nitrogen and oxygen atoms in total. The molecule has 4 heteroatoms. The Labute approximate surface area is 112 Å². The van der Waals surface area contributed by atoms with E-state index in [-0.39, 0.29) is 0 Å². The molecule has 0 saturated carbocycles. The van der Waals surface area contributed by atoms with Crippen LogP contribution in [0.3, 0.4) is 0 Å². The van der Waals surface area contributed by atoms with Crippen LogP contribution < -0.4 is 5.32 Å². The third kappa shape index (κ3) is 2.05. The van der Waals surface area contributed by atoms with Gasteiger partial charge in [0.05, 0.1) is 5.52 Å². The highest BCUT2D eigenvalue weighted by Gasteiger charge is 2.08. The van der Waals surface area contributed by atoms with E-state index in [1.807, 2.05) is 23.9 Å². The average molecular weight is 252 g/mol. The van der Waals surface area contributed by atoms with Crippen LogP contribution >= 0.6 is 0 Å². The van der Waals surface area contributed by atoms with E-state index in [1.165, 1.54) is 11.1 Å². The molecule has 0 unspecified atom stereocenters. The Kier molecular flexibility index (Phi) is 2.71. The molecule has 19 heavy (non-hydrogen) atoms. The molecule has 0 spiro atoms. The first-order valence-corrected chi connectivity index (χ1v) is 6.25.